The van der Waals surface area contributed by atoms with Crippen molar-refractivity contribution in [2.45, 2.75) is 58.9 Å². The largest absolute Gasteiger partial charge is 0.493 e. The van der Waals surface area contributed by atoms with E-state index in [0.717, 1.165) is 25.3 Å². The quantitative estimate of drug-likeness (QED) is 0.862. The molecule has 2 rings (SSSR count). The highest BCUT2D eigenvalue weighted by molar-refractivity contribution is 5.38. The summed E-state index contributed by atoms with van der Waals surface area (Å²) >= 11 is 0. The Morgan fingerprint density at radius 3 is 2.75 bits per heavy atom. The maximum absolute atomic E-state index is 5.80. The molecule has 2 atom stereocenters. The first-order valence-corrected chi connectivity index (χ1v) is 7.96. The fraction of sp³-hybridized carbons (Fsp3) is 0.667. The molecule has 0 bridgehead atoms. The standard InChI is InChI=1S/C18H29NO/c1-5-19-16(10-12-18(2,3)4)14-11-13-20-17-9-7-6-8-15(14)17/h6-9,14,16,19H,5,10-13H2,1-4H3. The van der Waals surface area contributed by atoms with Gasteiger partial charge in [-0.3, -0.25) is 0 Å². The molecule has 0 amide bonds. The molecule has 2 unspecified atom stereocenters. The fourth-order valence-corrected chi connectivity index (χ4v) is 3.08. The third-order valence-corrected chi connectivity index (χ3v) is 4.16. The van der Waals surface area contributed by atoms with E-state index in [-0.39, 0.29) is 0 Å². The molecule has 0 aliphatic carbocycles. The number of para-hydroxylation sites is 1. The van der Waals surface area contributed by atoms with Crippen LogP contribution in [-0.2, 0) is 0 Å². The lowest BCUT2D eigenvalue weighted by Crippen LogP contribution is -2.37. The van der Waals surface area contributed by atoms with Gasteiger partial charge in [-0.1, -0.05) is 45.9 Å². The first-order valence-electron chi connectivity index (χ1n) is 7.96. The van der Waals surface area contributed by atoms with Gasteiger partial charge in [0.15, 0.2) is 0 Å². The monoisotopic (exact) mass is 275 g/mol. The van der Waals surface area contributed by atoms with Crippen LogP contribution in [0.2, 0.25) is 0 Å². The Labute approximate surface area is 123 Å². The predicted molar refractivity (Wildman–Crippen MR) is 85.4 cm³/mol. The van der Waals surface area contributed by atoms with Gasteiger partial charge in [-0.2, -0.15) is 0 Å². The summed E-state index contributed by atoms with van der Waals surface area (Å²) in [6, 6.07) is 9.10. The van der Waals surface area contributed by atoms with Gasteiger partial charge < -0.3 is 10.1 Å². The molecule has 0 aromatic heterocycles. The molecule has 1 heterocycles. The number of likely N-dealkylation sites (N-methyl/N-ethyl adjacent to an activating group) is 1. The molecule has 1 aromatic carbocycles. The molecule has 1 N–H and O–H groups in total. The smallest absolute Gasteiger partial charge is 0.122 e. The molecule has 1 aromatic rings. The van der Waals surface area contributed by atoms with Gasteiger partial charge in [0.05, 0.1) is 6.61 Å². The van der Waals surface area contributed by atoms with E-state index in [0.29, 0.717) is 17.4 Å². The van der Waals surface area contributed by atoms with Crippen molar-refractivity contribution in [3.05, 3.63) is 29.8 Å². The van der Waals surface area contributed by atoms with Gasteiger partial charge in [0.25, 0.3) is 0 Å². The van der Waals surface area contributed by atoms with E-state index in [2.05, 4.69) is 57.3 Å². The molecule has 112 valence electrons. The number of hydrogen-bond donors (Lipinski definition) is 1. The lowest BCUT2D eigenvalue weighted by atomic mass is 9.80. The third-order valence-electron chi connectivity index (χ3n) is 4.16. The van der Waals surface area contributed by atoms with Crippen molar-refractivity contribution in [3.8, 4) is 5.75 Å². The van der Waals surface area contributed by atoms with Gasteiger partial charge in [0, 0.05) is 12.0 Å². The molecule has 0 spiro atoms. The van der Waals surface area contributed by atoms with Crippen molar-refractivity contribution in [2.24, 2.45) is 5.41 Å². The lowest BCUT2D eigenvalue weighted by Gasteiger charge is -2.34. The van der Waals surface area contributed by atoms with Gasteiger partial charge >= 0.3 is 0 Å². The second kappa shape index (κ2) is 6.62. The Kier molecular flexibility index (Phi) is 5.09. The lowest BCUT2D eigenvalue weighted by molar-refractivity contribution is 0.231. The Balaban J connectivity index is 2.13. The van der Waals surface area contributed by atoms with Crippen molar-refractivity contribution in [2.75, 3.05) is 13.2 Å². The Morgan fingerprint density at radius 1 is 1.30 bits per heavy atom. The normalized spacial score (nSPS) is 20.1. The molecule has 1 aliphatic rings. The highest BCUT2D eigenvalue weighted by Gasteiger charge is 2.29. The molecular formula is C18H29NO. The predicted octanol–water partition coefficient (Wildman–Crippen LogP) is 4.36. The highest BCUT2D eigenvalue weighted by atomic mass is 16.5. The number of rotatable bonds is 5. The SMILES string of the molecule is CCNC(CCC(C)(C)C)C1CCOc2ccccc21. The average Bonchev–Trinajstić information content (AvgIpc) is 2.42. The van der Waals surface area contributed by atoms with Crippen LogP contribution in [0.15, 0.2) is 24.3 Å². The molecule has 20 heavy (non-hydrogen) atoms. The Bertz CT molecular complexity index is 422. The first-order chi connectivity index (χ1) is 9.51. The molecule has 0 radical (unpaired) electrons. The number of hydrogen-bond acceptors (Lipinski definition) is 2. The zero-order valence-electron chi connectivity index (χ0n) is 13.4. The minimum Gasteiger partial charge on any atom is -0.493 e. The van der Waals surface area contributed by atoms with Crippen molar-refractivity contribution in [1.29, 1.82) is 0 Å². The van der Waals surface area contributed by atoms with Crippen molar-refractivity contribution in [3.63, 3.8) is 0 Å². The zero-order chi connectivity index (χ0) is 14.6. The Morgan fingerprint density at radius 2 is 2.05 bits per heavy atom. The van der Waals surface area contributed by atoms with E-state index in [4.69, 9.17) is 4.74 Å². The van der Waals surface area contributed by atoms with Crippen LogP contribution in [0.3, 0.4) is 0 Å². The fourth-order valence-electron chi connectivity index (χ4n) is 3.08. The van der Waals surface area contributed by atoms with Crippen molar-refractivity contribution >= 4 is 0 Å². The van der Waals surface area contributed by atoms with E-state index < -0.39 is 0 Å². The van der Waals surface area contributed by atoms with Gasteiger partial charge in [-0.25, -0.2) is 0 Å². The molecule has 1 aliphatic heterocycles. The van der Waals surface area contributed by atoms with Crippen LogP contribution in [0, 0.1) is 5.41 Å². The summed E-state index contributed by atoms with van der Waals surface area (Å²) in [4.78, 5) is 0. The minimum absolute atomic E-state index is 0.401. The summed E-state index contributed by atoms with van der Waals surface area (Å²) in [7, 11) is 0. The summed E-state index contributed by atoms with van der Waals surface area (Å²) in [5.74, 6) is 1.67. The molecule has 0 saturated heterocycles. The molecule has 0 fully saturated rings. The number of nitrogens with one attached hydrogen (secondary N) is 1. The van der Waals surface area contributed by atoms with E-state index in [1.54, 1.807) is 0 Å². The van der Waals surface area contributed by atoms with Gasteiger partial charge in [0.1, 0.15) is 5.75 Å². The number of benzene rings is 1. The molecular weight excluding hydrogens is 246 g/mol. The number of fused-ring (bicyclic) bond motifs is 1. The maximum Gasteiger partial charge on any atom is 0.122 e. The van der Waals surface area contributed by atoms with Gasteiger partial charge in [-0.05, 0) is 42.9 Å². The summed E-state index contributed by atoms with van der Waals surface area (Å²) in [5.41, 5.74) is 1.79. The van der Waals surface area contributed by atoms with E-state index in [1.807, 2.05) is 0 Å². The van der Waals surface area contributed by atoms with Crippen molar-refractivity contribution < 1.29 is 4.74 Å². The summed E-state index contributed by atoms with van der Waals surface area (Å²) in [6.07, 6.45) is 3.61. The van der Waals surface area contributed by atoms with E-state index in [9.17, 15) is 0 Å². The van der Waals surface area contributed by atoms with Crippen LogP contribution in [0.1, 0.15) is 58.4 Å². The minimum atomic E-state index is 0.401. The highest BCUT2D eigenvalue weighted by Crippen LogP contribution is 2.37. The number of ether oxygens (including phenoxy) is 1. The van der Waals surface area contributed by atoms with Crippen LogP contribution in [-0.4, -0.2) is 19.2 Å². The van der Waals surface area contributed by atoms with Crippen LogP contribution < -0.4 is 10.1 Å². The van der Waals surface area contributed by atoms with Gasteiger partial charge in [-0.15, -0.1) is 0 Å². The molecule has 2 nitrogen and oxygen atoms in total. The summed E-state index contributed by atoms with van der Waals surface area (Å²) in [6.45, 7) is 11.1. The zero-order valence-corrected chi connectivity index (χ0v) is 13.4. The second-order valence-electron chi connectivity index (χ2n) is 7.04. The van der Waals surface area contributed by atoms with Crippen LogP contribution in [0.25, 0.3) is 0 Å². The summed E-state index contributed by atoms with van der Waals surface area (Å²) < 4.78 is 5.80. The van der Waals surface area contributed by atoms with E-state index >= 15 is 0 Å². The Hall–Kier alpha value is -1.02. The third kappa shape index (κ3) is 3.99. The maximum atomic E-state index is 5.80. The van der Waals surface area contributed by atoms with Crippen LogP contribution in [0.4, 0.5) is 0 Å². The van der Waals surface area contributed by atoms with Crippen LogP contribution >= 0.6 is 0 Å². The topological polar surface area (TPSA) is 21.3 Å². The van der Waals surface area contributed by atoms with Crippen LogP contribution in [0.5, 0.6) is 5.75 Å². The molecule has 0 saturated carbocycles. The van der Waals surface area contributed by atoms with Crippen molar-refractivity contribution in [1.82, 2.24) is 5.32 Å². The second-order valence-corrected chi connectivity index (χ2v) is 7.04. The average molecular weight is 275 g/mol. The summed E-state index contributed by atoms with van der Waals surface area (Å²) in [5, 5.41) is 3.71. The first kappa shape index (κ1) is 15.4. The van der Waals surface area contributed by atoms with E-state index in [1.165, 1.54) is 18.4 Å². The van der Waals surface area contributed by atoms with Gasteiger partial charge in [0.2, 0.25) is 0 Å². The molecule has 2 heteroatoms.